The molecule has 0 saturated carbocycles. The van der Waals surface area contributed by atoms with Crippen LogP contribution in [0.5, 0.6) is 0 Å². The van der Waals surface area contributed by atoms with E-state index in [0.29, 0.717) is 10.4 Å². The van der Waals surface area contributed by atoms with Gasteiger partial charge in [0, 0.05) is 10.4 Å². The number of benzene rings is 4. The first-order valence-electron chi connectivity index (χ1n) is 11.2. The first-order chi connectivity index (χ1) is 17.5. The number of hydrogen-bond donors (Lipinski definition) is 0. The van der Waals surface area contributed by atoms with E-state index in [1.165, 1.54) is 0 Å². The lowest BCUT2D eigenvalue weighted by Gasteiger charge is -2.10. The first kappa shape index (κ1) is 23.7. The minimum Gasteiger partial charge on any atom is -0.226 e. The maximum absolute atomic E-state index is 9.64. The summed E-state index contributed by atoms with van der Waals surface area (Å²) in [5.74, 6) is 0. The summed E-state index contributed by atoms with van der Waals surface area (Å²) in [6, 6.07) is 31.5. The Bertz CT molecular complexity index is 1700. The fourth-order valence-corrected chi connectivity index (χ4v) is 4.50. The molecule has 4 nitrogen and oxygen atoms in total. The second-order valence-corrected chi connectivity index (χ2v) is 8.31. The zero-order valence-corrected chi connectivity index (χ0v) is 19.9. The van der Waals surface area contributed by atoms with E-state index in [9.17, 15) is 10.5 Å². The third kappa shape index (κ3) is 4.36. The van der Waals surface area contributed by atoms with Crippen LogP contribution in [0.25, 0.3) is 43.3 Å². The zero-order valence-electron chi connectivity index (χ0n) is 19.9. The average Bonchev–Trinajstić information content (AvgIpc) is 2.92. The predicted molar refractivity (Wildman–Crippen MR) is 141 cm³/mol. The number of hydrogen-bond acceptors (Lipinski definition) is 2. The molecule has 0 unspecified atom stereocenters. The summed E-state index contributed by atoms with van der Waals surface area (Å²) in [7, 11) is 0. The molecule has 0 N–H and O–H groups in total. The van der Waals surface area contributed by atoms with E-state index in [2.05, 4.69) is 21.8 Å². The SMILES string of the molecule is [C-]#[N+]/C(C#N)=c1/c(C)c/c(=c2/cc(C)/c(=C(/C#N)[N+]#[C-])c(-c3ccccc3)c2)cc1-c1ccccc1. The van der Waals surface area contributed by atoms with Crippen molar-refractivity contribution in [3.8, 4) is 34.4 Å². The molecule has 0 atom stereocenters. The number of aryl methyl sites for hydroxylation is 2. The van der Waals surface area contributed by atoms with Crippen LogP contribution in [-0.2, 0) is 0 Å². The van der Waals surface area contributed by atoms with Crippen molar-refractivity contribution in [3.63, 3.8) is 0 Å². The predicted octanol–water partition coefficient (Wildman–Crippen LogP) is 6.03. The molecular weight excluding hydrogens is 440 g/mol. The monoisotopic (exact) mass is 460 g/mol. The van der Waals surface area contributed by atoms with Gasteiger partial charge in [0.2, 0.25) is 0 Å². The summed E-state index contributed by atoms with van der Waals surface area (Å²) < 4.78 is 0. The van der Waals surface area contributed by atoms with Crippen molar-refractivity contribution in [1.82, 2.24) is 0 Å². The van der Waals surface area contributed by atoms with Gasteiger partial charge < -0.3 is 0 Å². The van der Waals surface area contributed by atoms with Crippen LogP contribution >= 0.6 is 0 Å². The minimum absolute atomic E-state index is 0.0553. The minimum atomic E-state index is 0.0553. The Morgan fingerprint density at radius 1 is 0.611 bits per heavy atom. The number of nitrogens with zero attached hydrogens (tertiary/aromatic N) is 4. The molecule has 0 spiro atoms. The van der Waals surface area contributed by atoms with Crippen LogP contribution < -0.4 is 10.4 Å². The van der Waals surface area contributed by atoms with E-state index in [-0.39, 0.29) is 11.4 Å². The molecule has 168 valence electrons. The molecule has 0 fully saturated rings. The summed E-state index contributed by atoms with van der Waals surface area (Å²) in [5, 5.41) is 22.4. The Morgan fingerprint density at radius 3 is 1.28 bits per heavy atom. The molecule has 0 heterocycles. The van der Waals surface area contributed by atoms with Gasteiger partial charge in [0.25, 0.3) is 11.4 Å². The van der Waals surface area contributed by atoms with Gasteiger partial charge >= 0.3 is 0 Å². The number of rotatable bonds is 2. The molecule has 4 heteroatoms. The normalized spacial score (nSPS) is 12.8. The standard InChI is InChI=1S/C32H20N4/c1-21-15-25(17-27(23-11-7-5-8-12-23)31(21)29(19-33)35-3)26-16-22(2)32(30(20-34)36-4)28(18-26)24-13-9-6-10-14-24/h5-18H,1-2H3/b26-25+,31-29-,32-30+. The molecule has 36 heavy (non-hydrogen) atoms. The molecule has 0 amide bonds. The molecule has 4 aromatic rings. The molecule has 0 radical (unpaired) electrons. The van der Waals surface area contributed by atoms with Gasteiger partial charge in [0.15, 0.2) is 0 Å². The highest BCUT2D eigenvalue weighted by Crippen LogP contribution is 2.21. The quantitative estimate of drug-likeness (QED) is 0.343. The highest BCUT2D eigenvalue weighted by atomic mass is 14.7. The molecular formula is C32H20N4. The van der Waals surface area contributed by atoms with Gasteiger partial charge in [-0.05, 0) is 58.7 Å². The second-order valence-electron chi connectivity index (χ2n) is 8.31. The topological polar surface area (TPSA) is 56.3 Å². The van der Waals surface area contributed by atoms with Crippen molar-refractivity contribution in [1.29, 1.82) is 10.5 Å². The van der Waals surface area contributed by atoms with Gasteiger partial charge in [-0.1, -0.05) is 83.9 Å². The summed E-state index contributed by atoms with van der Waals surface area (Å²) in [4.78, 5) is 6.98. The van der Waals surface area contributed by atoms with Gasteiger partial charge in [-0.2, -0.15) is 0 Å². The summed E-state index contributed by atoms with van der Waals surface area (Å²) >= 11 is 0. The zero-order chi connectivity index (χ0) is 25.7. The third-order valence-electron chi connectivity index (χ3n) is 6.08. The third-order valence-corrected chi connectivity index (χ3v) is 6.08. The van der Waals surface area contributed by atoms with Crippen molar-refractivity contribution < 1.29 is 0 Å². The van der Waals surface area contributed by atoms with Crippen LogP contribution in [0.2, 0.25) is 0 Å². The van der Waals surface area contributed by atoms with E-state index in [1.54, 1.807) is 0 Å². The highest BCUT2D eigenvalue weighted by molar-refractivity contribution is 5.77. The van der Waals surface area contributed by atoms with Crippen molar-refractivity contribution in [2.75, 3.05) is 0 Å². The summed E-state index contributed by atoms with van der Waals surface area (Å²) in [5.41, 5.74) is 5.22. The van der Waals surface area contributed by atoms with Gasteiger partial charge in [-0.15, -0.1) is 0 Å². The molecule has 4 rings (SSSR count). The van der Waals surface area contributed by atoms with Gasteiger partial charge in [0.05, 0.1) is 25.3 Å². The van der Waals surface area contributed by atoms with E-state index in [1.807, 2.05) is 98.8 Å². The van der Waals surface area contributed by atoms with Crippen molar-refractivity contribution in [2.24, 2.45) is 0 Å². The Labute approximate surface area is 209 Å². The molecule has 0 aliphatic heterocycles. The Hall–Kier alpha value is -5.42. The lowest BCUT2D eigenvalue weighted by atomic mass is 9.94. The van der Waals surface area contributed by atoms with Crippen LogP contribution in [0.1, 0.15) is 11.1 Å². The maximum Gasteiger partial charge on any atom is 0.269 e. The lowest BCUT2D eigenvalue weighted by molar-refractivity contribution is 1.32. The molecule has 0 bridgehead atoms. The van der Waals surface area contributed by atoms with Gasteiger partial charge in [0.1, 0.15) is 0 Å². The Balaban J connectivity index is 2.27. The lowest BCUT2D eigenvalue weighted by Crippen LogP contribution is -2.14. The van der Waals surface area contributed by atoms with Crippen LogP contribution in [0.3, 0.4) is 0 Å². The highest BCUT2D eigenvalue weighted by Gasteiger charge is 2.11. The van der Waals surface area contributed by atoms with E-state index in [0.717, 1.165) is 43.8 Å². The molecule has 0 aromatic heterocycles. The van der Waals surface area contributed by atoms with E-state index in [4.69, 9.17) is 13.1 Å². The van der Waals surface area contributed by atoms with E-state index < -0.39 is 0 Å². The van der Waals surface area contributed by atoms with Crippen LogP contribution in [0.4, 0.5) is 0 Å². The fourth-order valence-electron chi connectivity index (χ4n) is 4.50. The molecule has 0 saturated heterocycles. The maximum atomic E-state index is 9.64. The number of nitriles is 2. The fraction of sp³-hybridized carbons (Fsp3) is 0.0625. The van der Waals surface area contributed by atoms with Gasteiger partial charge in [-0.25, -0.2) is 20.2 Å². The first-order valence-corrected chi connectivity index (χ1v) is 11.2. The average molecular weight is 461 g/mol. The molecule has 0 aliphatic carbocycles. The van der Waals surface area contributed by atoms with E-state index >= 15 is 0 Å². The molecule has 4 aromatic carbocycles. The molecule has 0 aliphatic rings. The van der Waals surface area contributed by atoms with Crippen LogP contribution in [0, 0.1) is 60.1 Å². The van der Waals surface area contributed by atoms with Crippen LogP contribution in [0.15, 0.2) is 84.9 Å². The van der Waals surface area contributed by atoms with Crippen LogP contribution in [-0.4, -0.2) is 0 Å². The van der Waals surface area contributed by atoms with Crippen molar-refractivity contribution in [3.05, 3.63) is 140 Å². The summed E-state index contributed by atoms with van der Waals surface area (Å²) in [6.07, 6.45) is 0. The largest absolute Gasteiger partial charge is 0.269 e. The Kier molecular flexibility index (Phi) is 6.75. The second kappa shape index (κ2) is 10.2. The van der Waals surface area contributed by atoms with Crippen molar-refractivity contribution >= 4 is 11.4 Å². The van der Waals surface area contributed by atoms with Crippen molar-refractivity contribution in [2.45, 2.75) is 13.8 Å². The summed E-state index contributed by atoms with van der Waals surface area (Å²) in [6.45, 7) is 18.9. The Morgan fingerprint density at radius 2 is 0.972 bits per heavy atom. The van der Waals surface area contributed by atoms with Gasteiger partial charge in [-0.3, -0.25) is 0 Å². The smallest absolute Gasteiger partial charge is 0.226 e.